The highest BCUT2D eigenvalue weighted by Crippen LogP contribution is 2.33. The van der Waals surface area contributed by atoms with Crippen LogP contribution in [0.25, 0.3) is 5.57 Å². The fourth-order valence-electron chi connectivity index (χ4n) is 2.31. The highest BCUT2D eigenvalue weighted by Gasteiger charge is 2.35. The fourth-order valence-corrected chi connectivity index (χ4v) is 3.21. The maximum atomic E-state index is 13.2. The van der Waals surface area contributed by atoms with Crippen LogP contribution < -0.4 is 5.32 Å². The summed E-state index contributed by atoms with van der Waals surface area (Å²) >= 11 is 0. The smallest absolute Gasteiger partial charge is 0.348 e. The SMILES string of the molecule is CN(C)S(=O)(=O)c1ccc(CNC(=O)/C=C(/c2ccccc2)C(F)(F)F)cc1. The third-order valence-electron chi connectivity index (χ3n) is 3.83. The second kappa shape index (κ2) is 8.57. The number of amides is 1. The van der Waals surface area contributed by atoms with Gasteiger partial charge in [0.2, 0.25) is 15.9 Å². The normalized spacial score (nSPS) is 12.9. The Labute approximate surface area is 161 Å². The van der Waals surface area contributed by atoms with Crippen LogP contribution in [0.1, 0.15) is 11.1 Å². The van der Waals surface area contributed by atoms with Crippen LogP contribution in [0.3, 0.4) is 0 Å². The number of hydrogen-bond acceptors (Lipinski definition) is 3. The molecule has 5 nitrogen and oxygen atoms in total. The van der Waals surface area contributed by atoms with Gasteiger partial charge in [-0.15, -0.1) is 0 Å². The van der Waals surface area contributed by atoms with Gasteiger partial charge in [-0.3, -0.25) is 4.79 Å². The molecule has 0 aromatic heterocycles. The molecule has 0 heterocycles. The lowest BCUT2D eigenvalue weighted by molar-refractivity contribution is -0.117. The molecule has 0 aliphatic heterocycles. The monoisotopic (exact) mass is 412 g/mol. The number of sulfonamides is 1. The van der Waals surface area contributed by atoms with Crippen molar-refractivity contribution >= 4 is 21.5 Å². The van der Waals surface area contributed by atoms with Crippen LogP contribution in [-0.4, -0.2) is 38.9 Å². The van der Waals surface area contributed by atoms with Crippen molar-refractivity contribution in [3.63, 3.8) is 0 Å². The lowest BCUT2D eigenvalue weighted by Gasteiger charge is -2.13. The van der Waals surface area contributed by atoms with Gasteiger partial charge in [-0.25, -0.2) is 12.7 Å². The Kier molecular flexibility index (Phi) is 6.63. The zero-order valence-corrected chi connectivity index (χ0v) is 16.0. The van der Waals surface area contributed by atoms with Crippen molar-refractivity contribution in [2.24, 2.45) is 0 Å². The van der Waals surface area contributed by atoms with E-state index < -0.39 is 27.7 Å². The van der Waals surface area contributed by atoms with Crippen LogP contribution in [0.2, 0.25) is 0 Å². The molecule has 0 unspecified atom stereocenters. The average Bonchev–Trinajstić information content (AvgIpc) is 2.64. The molecule has 0 spiro atoms. The van der Waals surface area contributed by atoms with Gasteiger partial charge in [0.1, 0.15) is 0 Å². The molecule has 2 rings (SSSR count). The summed E-state index contributed by atoms with van der Waals surface area (Å²) in [6.45, 7) is -0.0441. The first-order valence-electron chi connectivity index (χ1n) is 8.15. The van der Waals surface area contributed by atoms with Gasteiger partial charge in [-0.2, -0.15) is 13.2 Å². The quantitative estimate of drug-likeness (QED) is 0.741. The number of hydrogen-bond donors (Lipinski definition) is 1. The maximum absolute atomic E-state index is 13.2. The van der Waals surface area contributed by atoms with Crippen molar-refractivity contribution in [1.29, 1.82) is 0 Å². The topological polar surface area (TPSA) is 66.5 Å². The maximum Gasteiger partial charge on any atom is 0.417 e. The van der Waals surface area contributed by atoms with E-state index >= 15 is 0 Å². The van der Waals surface area contributed by atoms with Gasteiger partial charge in [0.05, 0.1) is 10.5 Å². The predicted octanol–water partition coefficient (Wildman–Crippen LogP) is 3.20. The molecule has 2 aromatic carbocycles. The summed E-state index contributed by atoms with van der Waals surface area (Å²) in [6.07, 6.45) is -4.17. The van der Waals surface area contributed by atoms with Crippen LogP contribution >= 0.6 is 0 Å². The number of nitrogens with one attached hydrogen (secondary N) is 1. The number of carbonyl (C=O) groups excluding carboxylic acids is 1. The summed E-state index contributed by atoms with van der Waals surface area (Å²) in [5, 5.41) is 2.38. The minimum Gasteiger partial charge on any atom is -0.348 e. The Bertz CT molecular complexity index is 952. The van der Waals surface area contributed by atoms with E-state index in [1.54, 1.807) is 6.07 Å². The average molecular weight is 412 g/mol. The molecule has 0 saturated heterocycles. The Morgan fingerprint density at radius 2 is 1.61 bits per heavy atom. The number of carbonyl (C=O) groups is 1. The molecular formula is C19H19F3N2O3S. The van der Waals surface area contributed by atoms with E-state index in [0.717, 1.165) is 4.31 Å². The number of nitrogens with zero attached hydrogens (tertiary/aromatic N) is 1. The third kappa shape index (κ3) is 5.43. The molecule has 0 saturated carbocycles. The molecule has 1 N–H and O–H groups in total. The second-order valence-corrected chi connectivity index (χ2v) is 8.22. The second-order valence-electron chi connectivity index (χ2n) is 6.07. The molecule has 0 aliphatic rings. The van der Waals surface area contributed by atoms with E-state index in [0.29, 0.717) is 11.6 Å². The molecule has 28 heavy (non-hydrogen) atoms. The molecule has 150 valence electrons. The van der Waals surface area contributed by atoms with Crippen LogP contribution in [0.5, 0.6) is 0 Å². The summed E-state index contributed by atoms with van der Waals surface area (Å²) < 4.78 is 64.8. The van der Waals surface area contributed by atoms with E-state index in [1.807, 2.05) is 0 Å². The highest BCUT2D eigenvalue weighted by atomic mass is 32.2. The lowest BCUT2D eigenvalue weighted by Crippen LogP contribution is -2.23. The Balaban J connectivity index is 2.11. The van der Waals surface area contributed by atoms with Gasteiger partial charge in [-0.1, -0.05) is 42.5 Å². The summed E-state index contributed by atoms with van der Waals surface area (Å²) in [5.74, 6) is -0.902. The molecule has 0 atom stereocenters. The number of rotatable bonds is 6. The fraction of sp³-hybridized carbons (Fsp3) is 0.211. The molecule has 0 bridgehead atoms. The van der Waals surface area contributed by atoms with Crippen molar-refractivity contribution in [2.45, 2.75) is 17.6 Å². The van der Waals surface area contributed by atoms with Crippen molar-refractivity contribution in [1.82, 2.24) is 9.62 Å². The van der Waals surface area contributed by atoms with Gasteiger partial charge >= 0.3 is 6.18 Å². The minimum atomic E-state index is -4.68. The van der Waals surface area contributed by atoms with Crippen LogP contribution in [0.4, 0.5) is 13.2 Å². The summed E-state index contributed by atoms with van der Waals surface area (Å²) in [4.78, 5) is 12.1. The van der Waals surface area contributed by atoms with Crippen molar-refractivity contribution in [3.8, 4) is 0 Å². The summed E-state index contributed by atoms with van der Waals surface area (Å²) in [5.41, 5.74) is -0.603. The van der Waals surface area contributed by atoms with Gasteiger partial charge < -0.3 is 5.32 Å². The van der Waals surface area contributed by atoms with Crippen LogP contribution in [0.15, 0.2) is 65.6 Å². The number of benzene rings is 2. The standard InChI is InChI=1S/C19H19F3N2O3S/c1-24(2)28(26,27)16-10-8-14(9-11-16)13-23-18(25)12-17(19(20,21)22)15-6-4-3-5-7-15/h3-12H,13H2,1-2H3,(H,23,25)/b17-12-. The molecule has 1 amide bonds. The molecule has 2 aromatic rings. The molecule has 0 radical (unpaired) electrons. The molecule has 0 aliphatic carbocycles. The minimum absolute atomic E-state index is 0.0441. The van der Waals surface area contributed by atoms with Crippen LogP contribution in [-0.2, 0) is 21.4 Å². The zero-order chi connectivity index (χ0) is 20.9. The molecule has 9 heteroatoms. The van der Waals surface area contributed by atoms with Gasteiger partial charge in [0, 0.05) is 26.7 Å². The van der Waals surface area contributed by atoms with Gasteiger partial charge in [-0.05, 0) is 23.3 Å². The van der Waals surface area contributed by atoms with Crippen molar-refractivity contribution in [2.75, 3.05) is 14.1 Å². The Morgan fingerprint density at radius 3 is 2.11 bits per heavy atom. The van der Waals surface area contributed by atoms with E-state index in [4.69, 9.17) is 0 Å². The first-order chi connectivity index (χ1) is 13.0. The number of halogens is 3. The first kappa shape index (κ1) is 21.6. The largest absolute Gasteiger partial charge is 0.417 e. The zero-order valence-electron chi connectivity index (χ0n) is 15.2. The van der Waals surface area contributed by atoms with E-state index in [-0.39, 0.29) is 17.0 Å². The van der Waals surface area contributed by atoms with Crippen molar-refractivity contribution in [3.05, 3.63) is 71.8 Å². The lowest BCUT2D eigenvalue weighted by atomic mass is 10.1. The highest BCUT2D eigenvalue weighted by molar-refractivity contribution is 7.89. The van der Waals surface area contributed by atoms with Gasteiger partial charge in [0.25, 0.3) is 0 Å². The first-order valence-corrected chi connectivity index (χ1v) is 9.59. The van der Waals surface area contributed by atoms with Crippen molar-refractivity contribution < 1.29 is 26.4 Å². The van der Waals surface area contributed by atoms with Crippen LogP contribution in [0, 0.1) is 0 Å². The van der Waals surface area contributed by atoms with E-state index in [9.17, 15) is 26.4 Å². The van der Waals surface area contributed by atoms with E-state index in [1.165, 1.54) is 62.6 Å². The predicted molar refractivity (Wildman–Crippen MR) is 99.6 cm³/mol. The summed E-state index contributed by atoms with van der Waals surface area (Å²) in [6, 6.07) is 12.8. The van der Waals surface area contributed by atoms with Gasteiger partial charge in [0.15, 0.2) is 0 Å². The Hall–Kier alpha value is -2.65. The summed E-state index contributed by atoms with van der Waals surface area (Å²) in [7, 11) is -0.769. The molecule has 0 fully saturated rings. The molecular weight excluding hydrogens is 393 g/mol. The number of alkyl halides is 3. The Morgan fingerprint density at radius 1 is 1.04 bits per heavy atom. The van der Waals surface area contributed by atoms with E-state index in [2.05, 4.69) is 5.32 Å². The third-order valence-corrected chi connectivity index (χ3v) is 5.66. The number of allylic oxidation sites excluding steroid dienone is 1.